The average molecular weight is 218 g/mol. The van der Waals surface area contributed by atoms with Gasteiger partial charge in [-0.2, -0.15) is 0 Å². The first kappa shape index (κ1) is 14.4. The SMILES string of the molecule is COC(=O)CC(C)CCC(O)C(C)(C)O. The van der Waals surface area contributed by atoms with Crippen LogP contribution in [0.25, 0.3) is 0 Å². The fourth-order valence-corrected chi connectivity index (χ4v) is 1.27. The molecule has 0 rings (SSSR count). The van der Waals surface area contributed by atoms with Crippen LogP contribution in [-0.2, 0) is 9.53 Å². The Hall–Kier alpha value is -0.610. The summed E-state index contributed by atoms with van der Waals surface area (Å²) >= 11 is 0. The van der Waals surface area contributed by atoms with Gasteiger partial charge < -0.3 is 14.9 Å². The highest BCUT2D eigenvalue weighted by Crippen LogP contribution is 2.18. The lowest BCUT2D eigenvalue weighted by Gasteiger charge is -2.25. The van der Waals surface area contributed by atoms with Crippen molar-refractivity contribution in [3.8, 4) is 0 Å². The maximum atomic E-state index is 10.9. The molecule has 0 aromatic carbocycles. The molecule has 0 radical (unpaired) electrons. The Morgan fingerprint density at radius 1 is 1.40 bits per heavy atom. The first-order valence-corrected chi connectivity index (χ1v) is 5.24. The van der Waals surface area contributed by atoms with Crippen molar-refractivity contribution >= 4 is 5.97 Å². The average Bonchev–Trinajstić information content (AvgIpc) is 2.12. The van der Waals surface area contributed by atoms with Crippen LogP contribution >= 0.6 is 0 Å². The second kappa shape index (κ2) is 6.08. The second-order valence-corrected chi connectivity index (χ2v) is 4.63. The smallest absolute Gasteiger partial charge is 0.305 e. The van der Waals surface area contributed by atoms with Crippen molar-refractivity contribution < 1.29 is 19.7 Å². The van der Waals surface area contributed by atoms with Crippen LogP contribution in [0, 0.1) is 5.92 Å². The van der Waals surface area contributed by atoms with Crippen LogP contribution in [0.15, 0.2) is 0 Å². The molecule has 4 nitrogen and oxygen atoms in total. The van der Waals surface area contributed by atoms with Gasteiger partial charge in [0.05, 0.1) is 18.8 Å². The molecule has 0 spiro atoms. The third-order valence-corrected chi connectivity index (χ3v) is 2.49. The summed E-state index contributed by atoms with van der Waals surface area (Å²) in [5.41, 5.74) is -1.08. The van der Waals surface area contributed by atoms with Gasteiger partial charge in [0.2, 0.25) is 0 Å². The molecule has 0 amide bonds. The lowest BCUT2D eigenvalue weighted by molar-refractivity contribution is -0.141. The van der Waals surface area contributed by atoms with E-state index in [1.807, 2.05) is 6.92 Å². The van der Waals surface area contributed by atoms with E-state index in [9.17, 15) is 15.0 Å². The van der Waals surface area contributed by atoms with E-state index in [0.29, 0.717) is 19.3 Å². The first-order chi connectivity index (χ1) is 6.77. The molecule has 15 heavy (non-hydrogen) atoms. The molecule has 0 heterocycles. The zero-order chi connectivity index (χ0) is 12.1. The van der Waals surface area contributed by atoms with E-state index in [-0.39, 0.29) is 11.9 Å². The first-order valence-electron chi connectivity index (χ1n) is 5.24. The number of hydrogen-bond acceptors (Lipinski definition) is 4. The summed E-state index contributed by atoms with van der Waals surface area (Å²) in [4.78, 5) is 10.9. The van der Waals surface area contributed by atoms with Gasteiger partial charge >= 0.3 is 5.97 Å². The predicted octanol–water partition coefficient (Wildman–Crippen LogP) is 1.10. The molecule has 90 valence electrons. The van der Waals surface area contributed by atoms with Crippen molar-refractivity contribution in [1.82, 2.24) is 0 Å². The zero-order valence-corrected chi connectivity index (χ0v) is 9.99. The predicted molar refractivity (Wildman–Crippen MR) is 57.3 cm³/mol. The van der Waals surface area contributed by atoms with Gasteiger partial charge in [0.1, 0.15) is 0 Å². The molecule has 4 heteroatoms. The number of methoxy groups -OCH3 is 1. The fourth-order valence-electron chi connectivity index (χ4n) is 1.27. The van der Waals surface area contributed by atoms with Crippen molar-refractivity contribution in [2.45, 2.75) is 51.7 Å². The van der Waals surface area contributed by atoms with Crippen LogP contribution in [-0.4, -0.2) is 35.0 Å². The molecule has 0 aromatic heterocycles. The number of carbonyl (C=O) groups is 1. The number of aliphatic hydroxyl groups is 2. The second-order valence-electron chi connectivity index (χ2n) is 4.63. The summed E-state index contributed by atoms with van der Waals surface area (Å²) in [6, 6.07) is 0. The molecule has 2 atom stereocenters. The molecule has 2 N–H and O–H groups in total. The van der Waals surface area contributed by atoms with Gasteiger partial charge in [-0.05, 0) is 32.6 Å². The summed E-state index contributed by atoms with van der Waals surface area (Å²) in [7, 11) is 1.36. The quantitative estimate of drug-likeness (QED) is 0.655. The molecule has 0 saturated carbocycles. The van der Waals surface area contributed by atoms with E-state index in [4.69, 9.17) is 0 Å². The standard InChI is InChI=1S/C11H22O4/c1-8(7-10(13)15-4)5-6-9(12)11(2,3)14/h8-9,12,14H,5-7H2,1-4H3. The zero-order valence-electron chi connectivity index (χ0n) is 9.99. The van der Waals surface area contributed by atoms with Crippen LogP contribution < -0.4 is 0 Å². The molecule has 0 aliphatic rings. The van der Waals surface area contributed by atoms with Gasteiger partial charge in [0, 0.05) is 6.42 Å². The Kier molecular flexibility index (Phi) is 5.83. The van der Waals surface area contributed by atoms with Gasteiger partial charge in [0.15, 0.2) is 0 Å². The molecular weight excluding hydrogens is 196 g/mol. The van der Waals surface area contributed by atoms with Crippen LogP contribution in [0.5, 0.6) is 0 Å². The molecule has 0 aliphatic heterocycles. The van der Waals surface area contributed by atoms with Crippen LogP contribution in [0.4, 0.5) is 0 Å². The number of rotatable bonds is 6. The number of aliphatic hydroxyl groups excluding tert-OH is 1. The van der Waals surface area contributed by atoms with Crippen molar-refractivity contribution in [2.24, 2.45) is 5.92 Å². The van der Waals surface area contributed by atoms with Gasteiger partial charge in [-0.15, -0.1) is 0 Å². The fraction of sp³-hybridized carbons (Fsp3) is 0.909. The van der Waals surface area contributed by atoms with E-state index in [2.05, 4.69) is 4.74 Å². The van der Waals surface area contributed by atoms with Gasteiger partial charge in [-0.25, -0.2) is 0 Å². The largest absolute Gasteiger partial charge is 0.469 e. The molecule has 2 unspecified atom stereocenters. The highest BCUT2D eigenvalue weighted by atomic mass is 16.5. The van der Waals surface area contributed by atoms with E-state index < -0.39 is 11.7 Å². The lowest BCUT2D eigenvalue weighted by Crippen LogP contribution is -2.36. The maximum Gasteiger partial charge on any atom is 0.305 e. The molecule has 0 aromatic rings. The highest BCUT2D eigenvalue weighted by molar-refractivity contribution is 5.69. The minimum atomic E-state index is -1.08. The van der Waals surface area contributed by atoms with Crippen LogP contribution in [0.2, 0.25) is 0 Å². The van der Waals surface area contributed by atoms with Gasteiger partial charge in [-0.1, -0.05) is 6.92 Å². The normalized spacial score (nSPS) is 15.9. The summed E-state index contributed by atoms with van der Waals surface area (Å²) < 4.78 is 4.54. The molecule has 0 saturated heterocycles. The minimum Gasteiger partial charge on any atom is -0.469 e. The summed E-state index contributed by atoms with van der Waals surface area (Å²) in [6.07, 6.45) is 0.786. The summed E-state index contributed by atoms with van der Waals surface area (Å²) in [6.45, 7) is 5.07. The Bertz CT molecular complexity index is 195. The third kappa shape index (κ3) is 6.47. The van der Waals surface area contributed by atoms with Crippen LogP contribution in [0.1, 0.15) is 40.0 Å². The Morgan fingerprint density at radius 3 is 2.33 bits per heavy atom. The molecule has 0 aliphatic carbocycles. The monoisotopic (exact) mass is 218 g/mol. The van der Waals surface area contributed by atoms with E-state index in [0.717, 1.165) is 0 Å². The highest BCUT2D eigenvalue weighted by Gasteiger charge is 2.24. The molecular formula is C11H22O4. The van der Waals surface area contributed by atoms with Crippen molar-refractivity contribution in [1.29, 1.82) is 0 Å². The molecule has 0 bridgehead atoms. The Labute approximate surface area is 91.3 Å². The number of ether oxygens (including phenoxy) is 1. The molecule has 0 fully saturated rings. The van der Waals surface area contributed by atoms with E-state index in [1.165, 1.54) is 7.11 Å². The number of hydrogen-bond donors (Lipinski definition) is 2. The minimum absolute atomic E-state index is 0.162. The van der Waals surface area contributed by atoms with Crippen LogP contribution in [0.3, 0.4) is 0 Å². The Morgan fingerprint density at radius 2 is 1.93 bits per heavy atom. The van der Waals surface area contributed by atoms with E-state index >= 15 is 0 Å². The van der Waals surface area contributed by atoms with Crippen molar-refractivity contribution in [2.75, 3.05) is 7.11 Å². The summed E-state index contributed by atoms with van der Waals surface area (Å²) in [5, 5.41) is 19.0. The summed E-state index contributed by atoms with van der Waals surface area (Å²) in [5.74, 6) is -0.0744. The van der Waals surface area contributed by atoms with Gasteiger partial charge in [-0.3, -0.25) is 4.79 Å². The maximum absolute atomic E-state index is 10.9. The lowest BCUT2D eigenvalue weighted by atomic mass is 9.93. The van der Waals surface area contributed by atoms with Crippen molar-refractivity contribution in [3.05, 3.63) is 0 Å². The topological polar surface area (TPSA) is 66.8 Å². The van der Waals surface area contributed by atoms with Gasteiger partial charge in [0.25, 0.3) is 0 Å². The third-order valence-electron chi connectivity index (χ3n) is 2.49. The number of carbonyl (C=O) groups excluding carboxylic acids is 1. The number of esters is 1. The van der Waals surface area contributed by atoms with Crippen molar-refractivity contribution in [3.63, 3.8) is 0 Å². The Balaban J connectivity index is 3.81. The van der Waals surface area contributed by atoms with E-state index in [1.54, 1.807) is 13.8 Å².